The molecule has 0 radical (unpaired) electrons. The number of nitrogens with zero attached hydrogens (tertiary/aromatic N) is 1. The van der Waals surface area contributed by atoms with Crippen molar-refractivity contribution in [1.29, 1.82) is 0 Å². The number of hydrogen-bond donors (Lipinski definition) is 0. The predicted octanol–water partition coefficient (Wildman–Crippen LogP) is 8.22. The predicted molar refractivity (Wildman–Crippen MR) is 143 cm³/mol. The Kier molecular flexibility index (Phi) is 22.6. The number of rotatable bonds is 24. The first-order valence-electron chi connectivity index (χ1n) is 14.4. The molecule has 0 heterocycles. The molecule has 0 rings (SSSR count). The molecule has 3 heteroatoms. The summed E-state index contributed by atoms with van der Waals surface area (Å²) in [6, 6.07) is 0. The van der Waals surface area contributed by atoms with E-state index in [2.05, 4.69) is 53.5 Å². The van der Waals surface area contributed by atoms with E-state index in [4.69, 9.17) is 9.47 Å². The monoisotopic (exact) mass is 455 g/mol. The van der Waals surface area contributed by atoms with E-state index in [9.17, 15) is 0 Å². The van der Waals surface area contributed by atoms with Crippen molar-refractivity contribution in [3.63, 3.8) is 0 Å². The minimum absolute atomic E-state index is 0.723. The Hall–Kier alpha value is -0.120. The molecule has 0 aliphatic heterocycles. The van der Waals surface area contributed by atoms with Crippen molar-refractivity contribution in [1.82, 2.24) is 4.90 Å². The maximum Gasteiger partial charge on any atom is 0.0593 e. The molecular formula is C29H61NO2. The average Bonchev–Trinajstić information content (AvgIpc) is 2.81. The highest BCUT2D eigenvalue weighted by Crippen LogP contribution is 2.24. The van der Waals surface area contributed by atoms with Gasteiger partial charge in [-0.2, -0.15) is 0 Å². The summed E-state index contributed by atoms with van der Waals surface area (Å²) in [5.74, 6) is 3.21. The normalized spacial score (nSPS) is 15.8. The van der Waals surface area contributed by atoms with Gasteiger partial charge in [-0.05, 0) is 43.6 Å². The van der Waals surface area contributed by atoms with E-state index in [1.54, 1.807) is 0 Å². The Morgan fingerprint density at radius 3 is 1.25 bits per heavy atom. The second-order valence-electron chi connectivity index (χ2n) is 10.3. The standard InChI is InChI=1S/C29H61NO2/c1-8-14-16-26(10-3)22-28(12-5)24-31-20-18-30(7)19-21-32-25-29(13-6)23-27(11-4)17-15-9-2/h26-29H,8-25H2,1-7H3/t26-,27+,28-,29+. The Bertz CT molecular complexity index is 342. The zero-order valence-electron chi connectivity index (χ0n) is 23.3. The summed E-state index contributed by atoms with van der Waals surface area (Å²) in [6.07, 6.45) is 16.0. The molecule has 0 saturated carbocycles. The van der Waals surface area contributed by atoms with Crippen LogP contribution in [0.4, 0.5) is 0 Å². The van der Waals surface area contributed by atoms with Crippen molar-refractivity contribution in [3.05, 3.63) is 0 Å². The van der Waals surface area contributed by atoms with E-state index < -0.39 is 0 Å². The molecule has 0 N–H and O–H groups in total. The van der Waals surface area contributed by atoms with Crippen LogP contribution in [0.1, 0.15) is 119 Å². The number of hydrogen-bond acceptors (Lipinski definition) is 3. The molecule has 3 nitrogen and oxygen atoms in total. The first-order chi connectivity index (χ1) is 15.5. The fraction of sp³-hybridized carbons (Fsp3) is 1.00. The van der Waals surface area contributed by atoms with Crippen LogP contribution in [0.2, 0.25) is 0 Å². The minimum Gasteiger partial charge on any atom is -0.380 e. The molecule has 194 valence electrons. The van der Waals surface area contributed by atoms with Crippen molar-refractivity contribution in [2.45, 2.75) is 119 Å². The van der Waals surface area contributed by atoms with Crippen LogP contribution >= 0.6 is 0 Å². The van der Waals surface area contributed by atoms with E-state index in [0.717, 1.165) is 63.2 Å². The maximum atomic E-state index is 6.07. The van der Waals surface area contributed by atoms with Crippen LogP contribution in [0.25, 0.3) is 0 Å². The van der Waals surface area contributed by atoms with E-state index >= 15 is 0 Å². The van der Waals surface area contributed by atoms with Crippen molar-refractivity contribution in [2.24, 2.45) is 23.7 Å². The zero-order chi connectivity index (χ0) is 24.0. The van der Waals surface area contributed by atoms with Crippen molar-refractivity contribution in [2.75, 3.05) is 46.6 Å². The third-order valence-corrected chi connectivity index (χ3v) is 7.52. The molecular weight excluding hydrogens is 394 g/mol. The summed E-state index contributed by atoms with van der Waals surface area (Å²) in [5, 5.41) is 0. The van der Waals surface area contributed by atoms with Gasteiger partial charge < -0.3 is 14.4 Å². The molecule has 0 spiro atoms. The first kappa shape index (κ1) is 31.9. The van der Waals surface area contributed by atoms with Crippen LogP contribution < -0.4 is 0 Å². The van der Waals surface area contributed by atoms with Gasteiger partial charge in [0.25, 0.3) is 0 Å². The molecule has 32 heavy (non-hydrogen) atoms. The smallest absolute Gasteiger partial charge is 0.0593 e. The highest BCUT2D eigenvalue weighted by Gasteiger charge is 2.15. The molecule has 0 aromatic carbocycles. The first-order valence-corrected chi connectivity index (χ1v) is 14.4. The van der Waals surface area contributed by atoms with Crippen LogP contribution in [-0.2, 0) is 9.47 Å². The molecule has 0 aliphatic carbocycles. The summed E-state index contributed by atoms with van der Waals surface area (Å²) in [4.78, 5) is 2.36. The van der Waals surface area contributed by atoms with Crippen LogP contribution in [0, 0.1) is 23.7 Å². The van der Waals surface area contributed by atoms with Gasteiger partial charge >= 0.3 is 0 Å². The number of ether oxygens (including phenoxy) is 2. The molecule has 0 bridgehead atoms. The van der Waals surface area contributed by atoms with Gasteiger partial charge in [-0.3, -0.25) is 0 Å². The largest absolute Gasteiger partial charge is 0.380 e. The molecule has 0 aromatic heterocycles. The Balaban J connectivity index is 3.93. The second kappa shape index (κ2) is 22.7. The number of unbranched alkanes of at least 4 members (excludes halogenated alkanes) is 2. The van der Waals surface area contributed by atoms with Gasteiger partial charge in [-0.25, -0.2) is 0 Å². The SMILES string of the molecule is CCCC[C@@H](CC)C[C@@H](CC)COCCN(C)CCOC[C@@H](CC)C[C@@H](CC)CCCC. The lowest BCUT2D eigenvalue weighted by molar-refractivity contribution is 0.0519. The summed E-state index contributed by atoms with van der Waals surface area (Å²) in [6.45, 7) is 19.5. The van der Waals surface area contributed by atoms with Gasteiger partial charge in [0.05, 0.1) is 13.2 Å². The lowest BCUT2D eigenvalue weighted by Crippen LogP contribution is -2.28. The molecule has 0 saturated heterocycles. The zero-order valence-corrected chi connectivity index (χ0v) is 23.3. The topological polar surface area (TPSA) is 21.7 Å². The van der Waals surface area contributed by atoms with Crippen LogP contribution in [-0.4, -0.2) is 51.5 Å². The van der Waals surface area contributed by atoms with Crippen LogP contribution in [0.3, 0.4) is 0 Å². The van der Waals surface area contributed by atoms with Crippen molar-refractivity contribution >= 4 is 0 Å². The number of likely N-dealkylation sites (N-methyl/N-ethyl adjacent to an activating group) is 1. The Morgan fingerprint density at radius 2 is 0.938 bits per heavy atom. The van der Waals surface area contributed by atoms with Gasteiger partial charge in [0.1, 0.15) is 0 Å². The summed E-state index contributed by atoms with van der Waals surface area (Å²) < 4.78 is 12.1. The Morgan fingerprint density at radius 1 is 0.562 bits per heavy atom. The molecule has 4 atom stereocenters. The van der Waals surface area contributed by atoms with Gasteiger partial charge in [-0.15, -0.1) is 0 Å². The van der Waals surface area contributed by atoms with Crippen LogP contribution in [0.15, 0.2) is 0 Å². The lowest BCUT2D eigenvalue weighted by Gasteiger charge is -2.23. The maximum absolute atomic E-state index is 6.07. The molecule has 0 fully saturated rings. The van der Waals surface area contributed by atoms with Gasteiger partial charge in [-0.1, -0.05) is 106 Å². The van der Waals surface area contributed by atoms with Crippen LogP contribution in [0.5, 0.6) is 0 Å². The van der Waals surface area contributed by atoms with Crippen molar-refractivity contribution < 1.29 is 9.47 Å². The van der Waals surface area contributed by atoms with Gasteiger partial charge in [0.2, 0.25) is 0 Å². The van der Waals surface area contributed by atoms with E-state index in [1.807, 2.05) is 0 Å². The minimum atomic E-state index is 0.723. The van der Waals surface area contributed by atoms with E-state index in [0.29, 0.717) is 0 Å². The fourth-order valence-corrected chi connectivity index (χ4v) is 4.66. The van der Waals surface area contributed by atoms with E-state index in [-0.39, 0.29) is 0 Å². The summed E-state index contributed by atoms with van der Waals surface area (Å²) in [5.41, 5.74) is 0. The second-order valence-corrected chi connectivity index (χ2v) is 10.3. The summed E-state index contributed by atoms with van der Waals surface area (Å²) in [7, 11) is 2.19. The molecule has 0 unspecified atom stereocenters. The van der Waals surface area contributed by atoms with Gasteiger partial charge in [0.15, 0.2) is 0 Å². The van der Waals surface area contributed by atoms with E-state index in [1.165, 1.54) is 77.0 Å². The molecule has 0 amide bonds. The Labute approximate surface area is 203 Å². The highest BCUT2D eigenvalue weighted by molar-refractivity contribution is 4.66. The molecule has 0 aliphatic rings. The quantitative estimate of drug-likeness (QED) is 0.137. The lowest BCUT2D eigenvalue weighted by atomic mass is 9.88. The third-order valence-electron chi connectivity index (χ3n) is 7.52. The fourth-order valence-electron chi connectivity index (χ4n) is 4.66. The molecule has 0 aromatic rings. The van der Waals surface area contributed by atoms with Gasteiger partial charge in [0, 0.05) is 26.3 Å². The van der Waals surface area contributed by atoms with Crippen molar-refractivity contribution in [3.8, 4) is 0 Å². The third kappa shape index (κ3) is 17.4. The average molecular weight is 456 g/mol. The summed E-state index contributed by atoms with van der Waals surface area (Å²) >= 11 is 0. The highest BCUT2D eigenvalue weighted by atomic mass is 16.5.